The second kappa shape index (κ2) is 6.17. The first-order valence-electron chi connectivity index (χ1n) is 6.86. The fourth-order valence-electron chi connectivity index (χ4n) is 2.42. The van der Waals surface area contributed by atoms with Gasteiger partial charge in [-0.3, -0.25) is 4.79 Å². The summed E-state index contributed by atoms with van der Waals surface area (Å²) in [6.07, 6.45) is 2.78. The van der Waals surface area contributed by atoms with Gasteiger partial charge in [0.25, 0.3) is 0 Å². The highest BCUT2D eigenvalue weighted by molar-refractivity contribution is 5.86. The maximum absolute atomic E-state index is 12.1. The van der Waals surface area contributed by atoms with Crippen LogP contribution >= 0.6 is 0 Å². The van der Waals surface area contributed by atoms with Crippen LogP contribution in [0.5, 0.6) is 0 Å². The zero-order chi connectivity index (χ0) is 13.7. The summed E-state index contributed by atoms with van der Waals surface area (Å²) in [5, 5.41) is 15.2. The van der Waals surface area contributed by atoms with E-state index in [0.717, 1.165) is 31.4 Å². The molecule has 4 nitrogen and oxygen atoms in total. The summed E-state index contributed by atoms with van der Waals surface area (Å²) < 4.78 is 0. The predicted molar refractivity (Wildman–Crippen MR) is 74.7 cm³/mol. The SMILES string of the molecule is CC1(C(=O)NCCc2ccc(CO)cc2)CCCN1. The number of hydrogen-bond donors (Lipinski definition) is 3. The number of aliphatic hydroxyl groups is 1. The Kier molecular flexibility index (Phi) is 4.56. The number of hydrogen-bond acceptors (Lipinski definition) is 3. The van der Waals surface area contributed by atoms with E-state index in [1.165, 1.54) is 5.56 Å². The van der Waals surface area contributed by atoms with Crippen LogP contribution in [0.4, 0.5) is 0 Å². The number of carbonyl (C=O) groups is 1. The Hall–Kier alpha value is -1.39. The first-order valence-corrected chi connectivity index (χ1v) is 6.86. The first kappa shape index (κ1) is 14.0. The van der Waals surface area contributed by atoms with E-state index in [1.54, 1.807) is 0 Å². The molecular weight excluding hydrogens is 240 g/mol. The molecule has 0 spiro atoms. The molecule has 1 fully saturated rings. The number of amides is 1. The molecule has 0 aliphatic carbocycles. The van der Waals surface area contributed by atoms with Crippen LogP contribution in [0, 0.1) is 0 Å². The van der Waals surface area contributed by atoms with E-state index < -0.39 is 0 Å². The number of benzene rings is 1. The van der Waals surface area contributed by atoms with Crippen molar-refractivity contribution in [1.82, 2.24) is 10.6 Å². The van der Waals surface area contributed by atoms with Gasteiger partial charge in [0.2, 0.25) is 5.91 Å². The maximum atomic E-state index is 12.1. The molecular formula is C15H22N2O2. The average Bonchev–Trinajstić information content (AvgIpc) is 2.88. The lowest BCUT2D eigenvalue weighted by molar-refractivity contribution is -0.126. The Bertz CT molecular complexity index is 422. The van der Waals surface area contributed by atoms with Crippen molar-refractivity contribution in [2.75, 3.05) is 13.1 Å². The second-order valence-corrected chi connectivity index (χ2v) is 5.34. The van der Waals surface area contributed by atoms with Crippen molar-refractivity contribution in [3.8, 4) is 0 Å². The van der Waals surface area contributed by atoms with Gasteiger partial charge in [-0.1, -0.05) is 24.3 Å². The Morgan fingerprint density at radius 2 is 2.05 bits per heavy atom. The van der Waals surface area contributed by atoms with Gasteiger partial charge < -0.3 is 15.7 Å². The molecule has 1 aromatic carbocycles. The summed E-state index contributed by atoms with van der Waals surface area (Å²) in [6.45, 7) is 3.60. The number of nitrogens with one attached hydrogen (secondary N) is 2. The Morgan fingerprint density at radius 1 is 1.37 bits per heavy atom. The van der Waals surface area contributed by atoms with E-state index in [0.29, 0.717) is 6.54 Å². The van der Waals surface area contributed by atoms with Gasteiger partial charge in [0.15, 0.2) is 0 Å². The number of aliphatic hydroxyl groups excluding tert-OH is 1. The maximum Gasteiger partial charge on any atom is 0.240 e. The van der Waals surface area contributed by atoms with E-state index in [-0.39, 0.29) is 18.1 Å². The van der Waals surface area contributed by atoms with E-state index >= 15 is 0 Å². The van der Waals surface area contributed by atoms with Crippen LogP contribution in [0.2, 0.25) is 0 Å². The van der Waals surface area contributed by atoms with Crippen LogP contribution in [-0.2, 0) is 17.8 Å². The third-order valence-corrected chi connectivity index (χ3v) is 3.77. The monoisotopic (exact) mass is 262 g/mol. The van der Waals surface area contributed by atoms with Crippen LogP contribution < -0.4 is 10.6 Å². The molecule has 3 N–H and O–H groups in total. The first-order chi connectivity index (χ1) is 9.14. The molecule has 2 rings (SSSR count). The Balaban J connectivity index is 1.78. The molecule has 1 atom stereocenters. The topological polar surface area (TPSA) is 61.4 Å². The quantitative estimate of drug-likeness (QED) is 0.741. The minimum absolute atomic E-state index is 0.0705. The molecule has 1 heterocycles. The summed E-state index contributed by atoms with van der Waals surface area (Å²) in [4.78, 5) is 12.1. The van der Waals surface area contributed by atoms with Gasteiger partial charge in [-0.15, -0.1) is 0 Å². The minimum atomic E-state index is -0.388. The minimum Gasteiger partial charge on any atom is -0.392 e. The van der Waals surface area contributed by atoms with Crippen molar-refractivity contribution in [2.45, 2.75) is 38.3 Å². The number of rotatable bonds is 5. The second-order valence-electron chi connectivity index (χ2n) is 5.34. The summed E-state index contributed by atoms with van der Waals surface area (Å²) in [5.41, 5.74) is 1.69. The van der Waals surface area contributed by atoms with Gasteiger partial charge in [0.05, 0.1) is 12.1 Å². The molecule has 0 aromatic heterocycles. The summed E-state index contributed by atoms with van der Waals surface area (Å²) >= 11 is 0. The summed E-state index contributed by atoms with van der Waals surface area (Å²) in [6, 6.07) is 7.81. The van der Waals surface area contributed by atoms with E-state index in [9.17, 15) is 4.79 Å². The normalized spacial score (nSPS) is 22.4. The van der Waals surface area contributed by atoms with Gasteiger partial charge in [-0.05, 0) is 43.9 Å². The molecule has 1 aliphatic heterocycles. The number of carbonyl (C=O) groups excluding carboxylic acids is 1. The van der Waals surface area contributed by atoms with Crippen molar-refractivity contribution in [1.29, 1.82) is 0 Å². The molecule has 19 heavy (non-hydrogen) atoms. The summed E-state index contributed by atoms with van der Waals surface area (Å²) in [7, 11) is 0. The van der Waals surface area contributed by atoms with Crippen molar-refractivity contribution < 1.29 is 9.90 Å². The van der Waals surface area contributed by atoms with Crippen LogP contribution in [0.3, 0.4) is 0 Å². The predicted octanol–water partition coefficient (Wildman–Crippen LogP) is 0.980. The lowest BCUT2D eigenvalue weighted by Crippen LogP contribution is -2.51. The third kappa shape index (κ3) is 3.55. The molecule has 1 saturated heterocycles. The van der Waals surface area contributed by atoms with Crippen LogP contribution in [0.25, 0.3) is 0 Å². The largest absolute Gasteiger partial charge is 0.392 e. The van der Waals surface area contributed by atoms with Gasteiger partial charge in [-0.25, -0.2) is 0 Å². The van der Waals surface area contributed by atoms with Crippen LogP contribution in [0.15, 0.2) is 24.3 Å². The molecule has 4 heteroatoms. The fourth-order valence-corrected chi connectivity index (χ4v) is 2.42. The molecule has 1 aliphatic rings. The van der Waals surface area contributed by atoms with Crippen LogP contribution in [-0.4, -0.2) is 29.6 Å². The van der Waals surface area contributed by atoms with Crippen LogP contribution in [0.1, 0.15) is 30.9 Å². The molecule has 1 unspecified atom stereocenters. The van der Waals surface area contributed by atoms with Gasteiger partial charge in [0.1, 0.15) is 0 Å². The average molecular weight is 262 g/mol. The lowest BCUT2D eigenvalue weighted by atomic mass is 9.99. The van der Waals surface area contributed by atoms with Crippen molar-refractivity contribution in [3.63, 3.8) is 0 Å². The van der Waals surface area contributed by atoms with Crippen molar-refractivity contribution >= 4 is 5.91 Å². The molecule has 0 saturated carbocycles. The van der Waals surface area contributed by atoms with Gasteiger partial charge >= 0.3 is 0 Å². The van der Waals surface area contributed by atoms with Crippen molar-refractivity contribution in [2.24, 2.45) is 0 Å². The van der Waals surface area contributed by atoms with Gasteiger partial charge in [-0.2, -0.15) is 0 Å². The zero-order valence-electron chi connectivity index (χ0n) is 11.4. The molecule has 104 valence electrons. The fraction of sp³-hybridized carbons (Fsp3) is 0.533. The highest BCUT2D eigenvalue weighted by Gasteiger charge is 2.35. The molecule has 1 aromatic rings. The highest BCUT2D eigenvalue weighted by atomic mass is 16.3. The van der Waals surface area contributed by atoms with E-state index in [2.05, 4.69) is 10.6 Å². The standard InChI is InChI=1S/C15H22N2O2/c1-15(8-2-9-17-15)14(19)16-10-7-12-3-5-13(11-18)6-4-12/h3-6,17-18H,2,7-11H2,1H3,(H,16,19). The summed E-state index contributed by atoms with van der Waals surface area (Å²) in [5.74, 6) is 0.0944. The Labute approximate surface area is 114 Å². The molecule has 0 bridgehead atoms. The third-order valence-electron chi connectivity index (χ3n) is 3.77. The highest BCUT2D eigenvalue weighted by Crippen LogP contribution is 2.18. The zero-order valence-corrected chi connectivity index (χ0v) is 11.4. The molecule has 1 amide bonds. The Morgan fingerprint density at radius 3 is 2.63 bits per heavy atom. The molecule has 0 radical (unpaired) electrons. The van der Waals surface area contributed by atoms with Gasteiger partial charge in [0, 0.05) is 6.54 Å². The lowest BCUT2D eigenvalue weighted by Gasteiger charge is -2.23. The van der Waals surface area contributed by atoms with Crippen molar-refractivity contribution in [3.05, 3.63) is 35.4 Å². The van der Waals surface area contributed by atoms with E-state index in [4.69, 9.17) is 5.11 Å². The smallest absolute Gasteiger partial charge is 0.240 e. The van der Waals surface area contributed by atoms with E-state index in [1.807, 2.05) is 31.2 Å².